The fourth-order valence-electron chi connectivity index (χ4n) is 1.29. The fraction of sp³-hybridized carbons (Fsp3) is 0.0909. The van der Waals surface area contributed by atoms with E-state index in [0.717, 1.165) is 21.4 Å². The van der Waals surface area contributed by atoms with E-state index in [1.807, 2.05) is 0 Å². The molecule has 2 rings (SSSR count). The summed E-state index contributed by atoms with van der Waals surface area (Å²) in [7, 11) is -3.56. The monoisotopic (exact) mass is 365 g/mol. The van der Waals surface area contributed by atoms with Crippen LogP contribution in [-0.4, -0.2) is 8.42 Å². The van der Waals surface area contributed by atoms with Crippen LogP contribution in [0.3, 0.4) is 0 Å². The maximum absolute atomic E-state index is 12.1. The third-order valence-corrected chi connectivity index (χ3v) is 6.13. The van der Waals surface area contributed by atoms with E-state index in [1.165, 1.54) is 0 Å². The molecule has 0 fully saturated rings. The Morgan fingerprint density at radius 2 is 1.89 bits per heavy atom. The first-order valence-electron chi connectivity index (χ1n) is 4.93. The van der Waals surface area contributed by atoms with Crippen molar-refractivity contribution in [3.05, 3.63) is 44.7 Å². The van der Waals surface area contributed by atoms with Gasteiger partial charge in [-0.15, -0.1) is 11.3 Å². The Bertz CT molecular complexity index is 645. The van der Waals surface area contributed by atoms with Crippen LogP contribution in [0.2, 0.25) is 4.34 Å². The van der Waals surface area contributed by atoms with Gasteiger partial charge in [0.2, 0.25) is 0 Å². The number of benzene rings is 1. The maximum Gasteiger partial charge on any atom is 0.271 e. The van der Waals surface area contributed by atoms with Gasteiger partial charge in [-0.2, -0.15) is 0 Å². The molecule has 1 aromatic carbocycles. The molecule has 0 amide bonds. The molecule has 1 N–H and O–H groups in total. The van der Waals surface area contributed by atoms with Crippen molar-refractivity contribution in [2.24, 2.45) is 0 Å². The molecule has 0 unspecified atom stereocenters. The molecule has 0 saturated carbocycles. The minimum Gasteiger partial charge on any atom is -0.279 e. The van der Waals surface area contributed by atoms with Gasteiger partial charge >= 0.3 is 0 Å². The average Bonchev–Trinajstić information content (AvgIpc) is 2.63. The van der Waals surface area contributed by atoms with E-state index < -0.39 is 10.0 Å². The topological polar surface area (TPSA) is 46.2 Å². The molecule has 1 heterocycles. The maximum atomic E-state index is 12.1. The zero-order valence-corrected chi connectivity index (χ0v) is 13.3. The highest BCUT2D eigenvalue weighted by atomic mass is 79.9. The highest BCUT2D eigenvalue weighted by Crippen LogP contribution is 2.31. The number of anilines is 1. The molecular formula is C11H9BrClNO2S2. The lowest BCUT2D eigenvalue weighted by atomic mass is 10.3. The molecule has 3 nitrogen and oxygen atoms in total. The third-order valence-electron chi connectivity index (χ3n) is 2.20. The number of halogens is 2. The van der Waals surface area contributed by atoms with Crippen LogP contribution in [0.25, 0.3) is 0 Å². The Labute approximate surface area is 123 Å². The second-order valence-corrected chi connectivity index (χ2v) is 8.11. The molecule has 96 valence electrons. The molecule has 0 atom stereocenters. The first kappa shape index (κ1) is 13.9. The van der Waals surface area contributed by atoms with Crippen molar-refractivity contribution >= 4 is 54.6 Å². The molecule has 2 aromatic rings. The van der Waals surface area contributed by atoms with Crippen LogP contribution in [0.15, 0.2) is 39.0 Å². The van der Waals surface area contributed by atoms with Crippen molar-refractivity contribution in [1.29, 1.82) is 0 Å². The van der Waals surface area contributed by atoms with Crippen LogP contribution in [0.4, 0.5) is 5.69 Å². The van der Waals surface area contributed by atoms with Gasteiger partial charge in [-0.3, -0.25) is 4.72 Å². The lowest BCUT2D eigenvalue weighted by Crippen LogP contribution is -2.11. The van der Waals surface area contributed by atoms with E-state index in [-0.39, 0.29) is 4.21 Å². The van der Waals surface area contributed by atoms with Crippen LogP contribution < -0.4 is 4.72 Å². The number of hydrogen-bond donors (Lipinski definition) is 1. The number of nitrogens with one attached hydrogen (secondary N) is 1. The van der Waals surface area contributed by atoms with Gasteiger partial charge in [-0.05, 0) is 42.8 Å². The summed E-state index contributed by atoms with van der Waals surface area (Å²) in [6, 6.07) is 8.47. The van der Waals surface area contributed by atoms with Crippen LogP contribution in [0.1, 0.15) is 5.56 Å². The second-order valence-electron chi connectivity index (χ2n) is 3.63. The van der Waals surface area contributed by atoms with Gasteiger partial charge in [0.15, 0.2) is 0 Å². The van der Waals surface area contributed by atoms with Crippen molar-refractivity contribution in [1.82, 2.24) is 0 Å². The molecule has 1 aromatic heterocycles. The fourth-order valence-corrected chi connectivity index (χ4v) is 4.32. The molecule has 0 aliphatic carbocycles. The lowest BCUT2D eigenvalue weighted by Gasteiger charge is -2.05. The summed E-state index contributed by atoms with van der Waals surface area (Å²) in [5.41, 5.74) is 1.28. The summed E-state index contributed by atoms with van der Waals surface area (Å²) < 4.78 is 28.3. The molecule has 0 saturated heterocycles. The Kier molecular flexibility index (Phi) is 4.01. The van der Waals surface area contributed by atoms with Gasteiger partial charge in [-0.25, -0.2) is 8.42 Å². The van der Waals surface area contributed by atoms with Gasteiger partial charge in [0.05, 0.1) is 4.34 Å². The molecule has 18 heavy (non-hydrogen) atoms. The number of rotatable bonds is 3. The van der Waals surface area contributed by atoms with E-state index in [0.29, 0.717) is 10.0 Å². The van der Waals surface area contributed by atoms with E-state index >= 15 is 0 Å². The zero-order chi connectivity index (χ0) is 13.3. The summed E-state index contributed by atoms with van der Waals surface area (Å²) in [6.45, 7) is 1.78. The number of aryl methyl sites for hydroxylation is 1. The molecule has 7 heteroatoms. The van der Waals surface area contributed by atoms with Gasteiger partial charge in [0.1, 0.15) is 4.21 Å². The Hall–Kier alpha value is -0.560. The van der Waals surface area contributed by atoms with E-state index in [2.05, 4.69) is 20.7 Å². The van der Waals surface area contributed by atoms with Gasteiger partial charge in [0.25, 0.3) is 10.0 Å². The van der Waals surface area contributed by atoms with Crippen molar-refractivity contribution in [2.45, 2.75) is 11.1 Å². The van der Waals surface area contributed by atoms with Crippen molar-refractivity contribution in [3.63, 3.8) is 0 Å². The van der Waals surface area contributed by atoms with Crippen molar-refractivity contribution in [2.75, 3.05) is 4.72 Å². The number of hydrogen-bond acceptors (Lipinski definition) is 3. The van der Waals surface area contributed by atoms with Crippen LogP contribution in [0, 0.1) is 6.92 Å². The molecular weight excluding hydrogens is 358 g/mol. The lowest BCUT2D eigenvalue weighted by molar-refractivity contribution is 0.603. The van der Waals surface area contributed by atoms with E-state index in [1.54, 1.807) is 37.3 Å². The predicted octanol–water partition coefficient (Wildman–Crippen LogP) is 4.27. The highest BCUT2D eigenvalue weighted by molar-refractivity contribution is 9.10. The summed E-state index contributed by atoms with van der Waals surface area (Å²) in [5.74, 6) is 0. The van der Waals surface area contributed by atoms with Gasteiger partial charge in [0, 0.05) is 10.2 Å². The summed E-state index contributed by atoms with van der Waals surface area (Å²) in [6.07, 6.45) is 0. The molecule has 0 aliphatic heterocycles. The second kappa shape index (κ2) is 5.21. The van der Waals surface area contributed by atoms with E-state index in [9.17, 15) is 8.42 Å². The van der Waals surface area contributed by atoms with Crippen molar-refractivity contribution < 1.29 is 8.42 Å². The van der Waals surface area contributed by atoms with E-state index in [4.69, 9.17) is 11.6 Å². The minimum absolute atomic E-state index is 0.216. The minimum atomic E-state index is -3.56. The highest BCUT2D eigenvalue weighted by Gasteiger charge is 2.18. The van der Waals surface area contributed by atoms with Crippen LogP contribution in [0.5, 0.6) is 0 Å². The number of thiophene rings is 1. The Balaban J connectivity index is 2.29. The normalized spacial score (nSPS) is 11.5. The van der Waals surface area contributed by atoms with Crippen LogP contribution in [-0.2, 0) is 10.0 Å². The standard InChI is InChI=1S/C11H9BrClNO2S2/c1-7-6-10(17-11(7)13)18(15,16)14-9-4-2-8(12)3-5-9/h2-6,14H,1H3. The molecule has 0 aliphatic rings. The largest absolute Gasteiger partial charge is 0.279 e. The van der Waals surface area contributed by atoms with Gasteiger partial charge < -0.3 is 0 Å². The molecule has 0 bridgehead atoms. The smallest absolute Gasteiger partial charge is 0.271 e. The number of sulfonamides is 1. The summed E-state index contributed by atoms with van der Waals surface area (Å²) in [4.78, 5) is 0. The van der Waals surface area contributed by atoms with Gasteiger partial charge in [-0.1, -0.05) is 27.5 Å². The zero-order valence-electron chi connectivity index (χ0n) is 9.28. The quantitative estimate of drug-likeness (QED) is 0.881. The summed E-state index contributed by atoms with van der Waals surface area (Å²) >= 11 is 10.2. The summed E-state index contributed by atoms with van der Waals surface area (Å²) in [5, 5.41) is 0. The first-order valence-corrected chi connectivity index (χ1v) is 8.40. The van der Waals surface area contributed by atoms with Crippen LogP contribution >= 0.6 is 38.9 Å². The SMILES string of the molecule is Cc1cc(S(=O)(=O)Nc2ccc(Br)cc2)sc1Cl. The Morgan fingerprint density at radius 1 is 1.28 bits per heavy atom. The predicted molar refractivity (Wildman–Crippen MR) is 79.0 cm³/mol. The molecule has 0 spiro atoms. The first-order chi connectivity index (χ1) is 8.38. The molecule has 0 radical (unpaired) electrons. The Morgan fingerprint density at radius 3 is 2.39 bits per heavy atom. The third kappa shape index (κ3) is 3.06. The average molecular weight is 367 g/mol. The van der Waals surface area contributed by atoms with Crippen molar-refractivity contribution in [3.8, 4) is 0 Å².